The second kappa shape index (κ2) is 16.7. The van der Waals surface area contributed by atoms with Gasteiger partial charge in [-0.1, -0.05) is 70.4 Å². The summed E-state index contributed by atoms with van der Waals surface area (Å²) in [7, 11) is 1.56. The SMILES string of the molecule is CCCCCCCC/C=C\CCCCCCCC(=O)N(C)C(C)=O. The zero-order valence-corrected chi connectivity index (χ0v) is 16.3. The van der Waals surface area contributed by atoms with Gasteiger partial charge in [-0.25, -0.2) is 0 Å². The van der Waals surface area contributed by atoms with Crippen molar-refractivity contribution in [3.05, 3.63) is 12.2 Å². The van der Waals surface area contributed by atoms with Crippen LogP contribution in [0.3, 0.4) is 0 Å². The van der Waals surface area contributed by atoms with Gasteiger partial charge in [-0.15, -0.1) is 0 Å². The minimum Gasteiger partial charge on any atom is -0.286 e. The highest BCUT2D eigenvalue weighted by molar-refractivity contribution is 5.93. The quantitative estimate of drug-likeness (QED) is 0.270. The number of hydrogen-bond donors (Lipinski definition) is 0. The molecule has 0 fully saturated rings. The van der Waals surface area contributed by atoms with Crippen molar-refractivity contribution in [3.63, 3.8) is 0 Å². The molecule has 0 spiro atoms. The number of unbranched alkanes of at least 4 members (excludes halogenated alkanes) is 11. The highest BCUT2D eigenvalue weighted by Crippen LogP contribution is 2.10. The van der Waals surface area contributed by atoms with E-state index in [0.29, 0.717) is 6.42 Å². The monoisotopic (exact) mass is 337 g/mol. The molecule has 0 heterocycles. The number of imide groups is 1. The van der Waals surface area contributed by atoms with Crippen molar-refractivity contribution in [3.8, 4) is 0 Å². The van der Waals surface area contributed by atoms with Crippen LogP contribution in [0, 0.1) is 0 Å². The second-order valence-electron chi connectivity index (χ2n) is 6.81. The minimum atomic E-state index is -0.173. The zero-order valence-electron chi connectivity index (χ0n) is 16.3. The van der Waals surface area contributed by atoms with Crippen LogP contribution in [-0.2, 0) is 9.59 Å². The van der Waals surface area contributed by atoms with Crippen LogP contribution in [0.2, 0.25) is 0 Å². The molecule has 0 bridgehead atoms. The first kappa shape index (κ1) is 22.9. The number of amides is 2. The standard InChI is InChI=1S/C21H39NO2/c1-4-5-6-7-8-9-10-11-12-13-14-15-16-17-18-19-21(24)22(3)20(2)23/h11-12H,4-10,13-19H2,1-3H3/b12-11-. The van der Waals surface area contributed by atoms with Gasteiger partial charge >= 0.3 is 0 Å². The van der Waals surface area contributed by atoms with E-state index in [4.69, 9.17) is 0 Å². The summed E-state index contributed by atoms with van der Waals surface area (Å²) in [5.41, 5.74) is 0. The summed E-state index contributed by atoms with van der Waals surface area (Å²) in [6.07, 6.45) is 21.4. The fraction of sp³-hybridized carbons (Fsp3) is 0.810. The lowest BCUT2D eigenvalue weighted by atomic mass is 10.1. The number of rotatable bonds is 15. The Morgan fingerprint density at radius 3 is 1.71 bits per heavy atom. The van der Waals surface area contributed by atoms with Crippen molar-refractivity contribution in [1.82, 2.24) is 4.90 Å². The number of carbonyl (C=O) groups excluding carboxylic acids is 2. The predicted octanol–water partition coefficient (Wildman–Crippen LogP) is 6.03. The van der Waals surface area contributed by atoms with Crippen LogP contribution < -0.4 is 0 Å². The normalized spacial score (nSPS) is 11.1. The molecule has 0 aliphatic rings. The molecule has 0 saturated carbocycles. The molecule has 3 heteroatoms. The van der Waals surface area contributed by atoms with Crippen LogP contribution in [0.5, 0.6) is 0 Å². The molecule has 0 N–H and O–H groups in total. The van der Waals surface area contributed by atoms with E-state index in [0.717, 1.165) is 12.8 Å². The first-order valence-electron chi connectivity index (χ1n) is 10.0. The highest BCUT2D eigenvalue weighted by atomic mass is 16.2. The van der Waals surface area contributed by atoms with Gasteiger partial charge in [0.25, 0.3) is 0 Å². The molecule has 0 aliphatic carbocycles. The van der Waals surface area contributed by atoms with Crippen molar-refractivity contribution in [1.29, 1.82) is 0 Å². The van der Waals surface area contributed by atoms with Crippen molar-refractivity contribution in [2.24, 2.45) is 0 Å². The number of nitrogens with zero attached hydrogens (tertiary/aromatic N) is 1. The van der Waals surface area contributed by atoms with Gasteiger partial charge in [0, 0.05) is 20.4 Å². The average Bonchev–Trinajstić information content (AvgIpc) is 2.57. The lowest BCUT2D eigenvalue weighted by Crippen LogP contribution is -2.30. The number of allylic oxidation sites excluding steroid dienone is 2. The Labute approximate surface area is 149 Å². The second-order valence-corrected chi connectivity index (χ2v) is 6.81. The fourth-order valence-corrected chi connectivity index (χ4v) is 2.69. The minimum absolute atomic E-state index is 0.0554. The van der Waals surface area contributed by atoms with E-state index in [-0.39, 0.29) is 11.8 Å². The molecule has 0 aromatic rings. The van der Waals surface area contributed by atoms with Crippen molar-refractivity contribution in [2.45, 2.75) is 104 Å². The molecule has 0 saturated heterocycles. The van der Waals surface area contributed by atoms with Crippen molar-refractivity contribution < 1.29 is 9.59 Å². The Kier molecular flexibility index (Phi) is 15.9. The molecular formula is C21H39NO2. The van der Waals surface area contributed by atoms with Crippen molar-refractivity contribution in [2.75, 3.05) is 7.05 Å². The van der Waals surface area contributed by atoms with E-state index in [1.165, 1.54) is 82.5 Å². The zero-order chi connectivity index (χ0) is 18.0. The summed E-state index contributed by atoms with van der Waals surface area (Å²) in [5, 5.41) is 0. The third-order valence-corrected chi connectivity index (χ3v) is 4.50. The highest BCUT2D eigenvalue weighted by Gasteiger charge is 2.11. The maximum Gasteiger partial charge on any atom is 0.228 e. The van der Waals surface area contributed by atoms with Gasteiger partial charge in [0.05, 0.1) is 0 Å². The lowest BCUT2D eigenvalue weighted by Gasteiger charge is -2.12. The Bertz CT molecular complexity index is 350. The third kappa shape index (κ3) is 14.5. The molecule has 0 aromatic heterocycles. The largest absolute Gasteiger partial charge is 0.286 e. The van der Waals surface area contributed by atoms with Crippen LogP contribution in [0.15, 0.2) is 12.2 Å². The van der Waals surface area contributed by atoms with Crippen LogP contribution >= 0.6 is 0 Å². The number of carbonyl (C=O) groups is 2. The lowest BCUT2D eigenvalue weighted by molar-refractivity contribution is -0.141. The summed E-state index contributed by atoms with van der Waals surface area (Å²) >= 11 is 0. The summed E-state index contributed by atoms with van der Waals surface area (Å²) < 4.78 is 0. The van der Waals surface area contributed by atoms with E-state index in [9.17, 15) is 9.59 Å². The topological polar surface area (TPSA) is 37.4 Å². The Morgan fingerprint density at radius 1 is 0.750 bits per heavy atom. The van der Waals surface area contributed by atoms with E-state index in [2.05, 4.69) is 19.1 Å². The van der Waals surface area contributed by atoms with Crippen LogP contribution in [-0.4, -0.2) is 23.8 Å². The smallest absolute Gasteiger partial charge is 0.228 e. The predicted molar refractivity (Wildman–Crippen MR) is 103 cm³/mol. The molecule has 0 aromatic carbocycles. The van der Waals surface area contributed by atoms with Gasteiger partial charge in [-0.05, 0) is 32.1 Å². The summed E-state index contributed by atoms with van der Waals surface area (Å²) in [6, 6.07) is 0. The molecule has 0 rings (SSSR count). The van der Waals surface area contributed by atoms with Gasteiger partial charge in [-0.2, -0.15) is 0 Å². The molecular weight excluding hydrogens is 298 g/mol. The van der Waals surface area contributed by atoms with Gasteiger partial charge in [0.2, 0.25) is 11.8 Å². The summed E-state index contributed by atoms with van der Waals surface area (Å²) in [4.78, 5) is 23.9. The molecule has 0 atom stereocenters. The molecule has 3 nitrogen and oxygen atoms in total. The Balaban J connectivity index is 3.29. The molecule has 0 aliphatic heterocycles. The van der Waals surface area contributed by atoms with Gasteiger partial charge in [0.15, 0.2) is 0 Å². The van der Waals surface area contributed by atoms with Crippen LogP contribution in [0.4, 0.5) is 0 Å². The molecule has 24 heavy (non-hydrogen) atoms. The maximum atomic E-state index is 11.6. The van der Waals surface area contributed by atoms with E-state index < -0.39 is 0 Å². The summed E-state index contributed by atoms with van der Waals surface area (Å²) in [6.45, 7) is 3.69. The first-order chi connectivity index (χ1) is 11.6. The van der Waals surface area contributed by atoms with E-state index in [1.54, 1.807) is 7.05 Å². The van der Waals surface area contributed by atoms with E-state index >= 15 is 0 Å². The molecule has 140 valence electrons. The molecule has 2 amide bonds. The maximum absolute atomic E-state index is 11.6. The fourth-order valence-electron chi connectivity index (χ4n) is 2.69. The summed E-state index contributed by atoms with van der Waals surface area (Å²) in [5.74, 6) is -0.229. The number of hydrogen-bond acceptors (Lipinski definition) is 2. The average molecular weight is 338 g/mol. The molecule has 0 unspecified atom stereocenters. The van der Waals surface area contributed by atoms with E-state index in [1.807, 2.05) is 0 Å². The molecule has 0 radical (unpaired) electrons. The first-order valence-corrected chi connectivity index (χ1v) is 10.0. The van der Waals surface area contributed by atoms with Gasteiger partial charge in [-0.3, -0.25) is 14.5 Å². The Morgan fingerprint density at radius 2 is 1.21 bits per heavy atom. The van der Waals surface area contributed by atoms with Gasteiger partial charge in [0.1, 0.15) is 0 Å². The van der Waals surface area contributed by atoms with Crippen LogP contribution in [0.25, 0.3) is 0 Å². The van der Waals surface area contributed by atoms with Crippen LogP contribution in [0.1, 0.15) is 104 Å². The third-order valence-electron chi connectivity index (χ3n) is 4.50. The van der Waals surface area contributed by atoms with Gasteiger partial charge < -0.3 is 0 Å². The van der Waals surface area contributed by atoms with Crippen molar-refractivity contribution >= 4 is 11.8 Å². The Hall–Kier alpha value is -1.12.